The molecule has 0 saturated heterocycles. The maximum atomic E-state index is 9.41. The quantitative estimate of drug-likeness (QED) is 0.182. The molecule has 10 aromatic rings. The van der Waals surface area contributed by atoms with Crippen LogP contribution < -0.4 is 0 Å². The maximum Gasteiger partial charge on any atom is 0.164 e. The molecule has 0 radical (unpaired) electrons. The second kappa shape index (κ2) is 11.9. The topological polar surface area (TPSA) is 88.7 Å². The van der Waals surface area contributed by atoms with Crippen molar-refractivity contribution in [1.82, 2.24) is 15.0 Å². The number of furan rings is 2. The fraction of sp³-hybridized carbons (Fsp3) is 0. The van der Waals surface area contributed by atoms with Crippen LogP contribution in [-0.4, -0.2) is 15.0 Å². The lowest BCUT2D eigenvalue weighted by atomic mass is 9.99. The van der Waals surface area contributed by atoms with E-state index >= 15 is 0 Å². The van der Waals surface area contributed by atoms with Gasteiger partial charge in [-0.1, -0.05) is 109 Å². The van der Waals surface area contributed by atoms with E-state index in [1.54, 1.807) is 6.07 Å². The largest absolute Gasteiger partial charge is 0.456 e. The summed E-state index contributed by atoms with van der Waals surface area (Å²) in [5, 5.41) is 13.6. The zero-order chi connectivity index (χ0) is 34.6. The predicted octanol–water partition coefficient (Wildman–Crippen LogP) is 11.9. The van der Waals surface area contributed by atoms with E-state index in [-0.39, 0.29) is 0 Å². The lowest BCUT2D eigenvalue weighted by molar-refractivity contribution is 0.668. The molecule has 242 valence electrons. The van der Waals surface area contributed by atoms with Crippen LogP contribution >= 0.6 is 0 Å². The molecule has 0 atom stereocenters. The summed E-state index contributed by atoms with van der Waals surface area (Å²) in [4.78, 5) is 15.1. The van der Waals surface area contributed by atoms with Crippen LogP contribution in [-0.2, 0) is 0 Å². The number of nitrogens with zero attached hydrogens (tertiary/aromatic N) is 4. The Kier molecular flexibility index (Phi) is 6.76. The Morgan fingerprint density at radius 1 is 0.385 bits per heavy atom. The van der Waals surface area contributed by atoms with Crippen LogP contribution in [0.1, 0.15) is 5.56 Å². The molecule has 3 heterocycles. The minimum atomic E-state index is 0.529. The molecule has 10 rings (SSSR count). The zero-order valence-electron chi connectivity index (χ0n) is 27.6. The number of para-hydroxylation sites is 1. The van der Waals surface area contributed by atoms with Crippen LogP contribution in [0.15, 0.2) is 167 Å². The van der Waals surface area contributed by atoms with E-state index < -0.39 is 0 Å². The number of nitriles is 1. The fourth-order valence-corrected chi connectivity index (χ4v) is 7.03. The van der Waals surface area contributed by atoms with Crippen molar-refractivity contribution in [3.63, 3.8) is 0 Å². The van der Waals surface area contributed by atoms with E-state index in [2.05, 4.69) is 60.7 Å². The molecule has 6 heteroatoms. The van der Waals surface area contributed by atoms with E-state index in [1.165, 1.54) is 0 Å². The van der Waals surface area contributed by atoms with Crippen molar-refractivity contribution in [2.75, 3.05) is 0 Å². The molecule has 7 aromatic carbocycles. The highest BCUT2D eigenvalue weighted by molar-refractivity contribution is 6.13. The number of aromatic nitrogens is 3. The van der Waals surface area contributed by atoms with Gasteiger partial charge in [-0.25, -0.2) is 15.0 Å². The average Bonchev–Trinajstić information content (AvgIpc) is 3.79. The van der Waals surface area contributed by atoms with Gasteiger partial charge < -0.3 is 8.83 Å². The van der Waals surface area contributed by atoms with Crippen molar-refractivity contribution < 1.29 is 8.83 Å². The number of benzene rings is 7. The van der Waals surface area contributed by atoms with Gasteiger partial charge in [-0.05, 0) is 70.8 Å². The highest BCUT2D eigenvalue weighted by Crippen LogP contribution is 2.39. The van der Waals surface area contributed by atoms with Gasteiger partial charge in [-0.15, -0.1) is 0 Å². The van der Waals surface area contributed by atoms with Crippen molar-refractivity contribution >= 4 is 43.9 Å². The van der Waals surface area contributed by atoms with Gasteiger partial charge in [0, 0.05) is 38.2 Å². The third-order valence-electron chi connectivity index (χ3n) is 9.58. The summed E-state index contributed by atoms with van der Waals surface area (Å²) < 4.78 is 12.7. The molecule has 0 amide bonds. The average molecular weight is 667 g/mol. The van der Waals surface area contributed by atoms with Crippen LogP contribution in [0.2, 0.25) is 0 Å². The summed E-state index contributed by atoms with van der Waals surface area (Å²) >= 11 is 0. The first-order chi connectivity index (χ1) is 25.7. The van der Waals surface area contributed by atoms with Crippen LogP contribution in [0.3, 0.4) is 0 Å². The lowest BCUT2D eigenvalue weighted by Crippen LogP contribution is -2.00. The maximum absolute atomic E-state index is 9.41. The van der Waals surface area contributed by atoms with E-state index in [0.29, 0.717) is 23.0 Å². The minimum Gasteiger partial charge on any atom is -0.456 e. The Hall–Kier alpha value is -7.36. The standard InChI is InChI=1S/C46H26N4O2/c47-27-28-8-6-11-32(24-28)29-16-18-31(19-17-29)44-48-45(33-20-22-37-36-12-4-5-14-39(36)51-41(37)25-33)50-46(49-44)34-21-23-38-42(26-34)52-40-15-7-13-35(43(38)40)30-9-2-1-3-10-30/h1-26H. The van der Waals surface area contributed by atoms with E-state index in [0.717, 1.165) is 82.8 Å². The molecule has 52 heavy (non-hydrogen) atoms. The summed E-state index contributed by atoms with van der Waals surface area (Å²) in [7, 11) is 0. The molecule has 6 nitrogen and oxygen atoms in total. The van der Waals surface area contributed by atoms with Crippen molar-refractivity contribution in [3.05, 3.63) is 163 Å². The first kappa shape index (κ1) is 29.5. The Bertz CT molecular complexity index is 3030. The SMILES string of the molecule is N#Cc1cccc(-c2ccc(-c3nc(-c4ccc5c(c4)oc4ccccc45)nc(-c4ccc5c(c4)oc4cccc(-c6ccccc6)c45)n3)cc2)c1. The predicted molar refractivity (Wildman–Crippen MR) is 206 cm³/mol. The molecule has 3 aromatic heterocycles. The van der Waals surface area contributed by atoms with E-state index in [4.69, 9.17) is 23.8 Å². The van der Waals surface area contributed by atoms with Gasteiger partial charge in [0.1, 0.15) is 22.3 Å². The Morgan fingerprint density at radius 2 is 0.942 bits per heavy atom. The van der Waals surface area contributed by atoms with Gasteiger partial charge in [0.05, 0.1) is 11.6 Å². The minimum absolute atomic E-state index is 0.529. The van der Waals surface area contributed by atoms with Gasteiger partial charge in [0.15, 0.2) is 17.5 Å². The van der Waals surface area contributed by atoms with Gasteiger partial charge >= 0.3 is 0 Å². The van der Waals surface area contributed by atoms with Crippen LogP contribution in [0.4, 0.5) is 0 Å². The van der Waals surface area contributed by atoms with Gasteiger partial charge in [-0.2, -0.15) is 5.26 Å². The third-order valence-corrected chi connectivity index (χ3v) is 9.58. The summed E-state index contributed by atoms with van der Waals surface area (Å²) in [5.41, 5.74) is 10.5. The number of fused-ring (bicyclic) bond motifs is 6. The second-order valence-electron chi connectivity index (χ2n) is 12.7. The smallest absolute Gasteiger partial charge is 0.164 e. The number of rotatable bonds is 5. The summed E-state index contributed by atoms with van der Waals surface area (Å²) in [6.45, 7) is 0. The number of hydrogen-bond donors (Lipinski definition) is 0. The summed E-state index contributed by atoms with van der Waals surface area (Å²) in [6, 6.07) is 54.7. The van der Waals surface area contributed by atoms with Gasteiger partial charge in [-0.3, -0.25) is 0 Å². The van der Waals surface area contributed by atoms with E-state index in [9.17, 15) is 5.26 Å². The van der Waals surface area contributed by atoms with E-state index in [1.807, 2.05) is 97.1 Å². The molecule has 0 bridgehead atoms. The monoisotopic (exact) mass is 666 g/mol. The molecule has 0 unspecified atom stereocenters. The van der Waals surface area contributed by atoms with Crippen molar-refractivity contribution in [2.45, 2.75) is 0 Å². The molecule has 0 fully saturated rings. The molecule has 0 spiro atoms. The Balaban J connectivity index is 1.12. The molecule has 0 aliphatic heterocycles. The zero-order valence-corrected chi connectivity index (χ0v) is 27.6. The molecular weight excluding hydrogens is 641 g/mol. The first-order valence-corrected chi connectivity index (χ1v) is 17.0. The molecule has 0 saturated carbocycles. The lowest BCUT2D eigenvalue weighted by Gasteiger charge is -2.09. The highest BCUT2D eigenvalue weighted by Gasteiger charge is 2.18. The summed E-state index contributed by atoms with van der Waals surface area (Å²) in [6.07, 6.45) is 0. The fourth-order valence-electron chi connectivity index (χ4n) is 7.03. The molecular formula is C46H26N4O2. The summed E-state index contributed by atoms with van der Waals surface area (Å²) in [5.74, 6) is 1.60. The van der Waals surface area contributed by atoms with Crippen LogP contribution in [0, 0.1) is 11.3 Å². The van der Waals surface area contributed by atoms with Crippen molar-refractivity contribution in [3.8, 4) is 62.5 Å². The Morgan fingerprint density at radius 3 is 1.71 bits per heavy atom. The first-order valence-electron chi connectivity index (χ1n) is 17.0. The van der Waals surface area contributed by atoms with Crippen LogP contribution in [0.5, 0.6) is 0 Å². The van der Waals surface area contributed by atoms with Gasteiger partial charge in [0.2, 0.25) is 0 Å². The normalized spacial score (nSPS) is 11.4. The second-order valence-corrected chi connectivity index (χ2v) is 12.7. The molecule has 0 aliphatic rings. The van der Waals surface area contributed by atoms with Crippen LogP contribution in [0.25, 0.3) is 100 Å². The van der Waals surface area contributed by atoms with Crippen molar-refractivity contribution in [1.29, 1.82) is 5.26 Å². The third kappa shape index (κ3) is 5.00. The molecule has 0 N–H and O–H groups in total. The highest BCUT2D eigenvalue weighted by atomic mass is 16.3. The molecule has 0 aliphatic carbocycles. The Labute approximate surface area is 297 Å². The number of hydrogen-bond acceptors (Lipinski definition) is 6. The van der Waals surface area contributed by atoms with Crippen molar-refractivity contribution in [2.24, 2.45) is 0 Å². The van der Waals surface area contributed by atoms with Gasteiger partial charge in [0.25, 0.3) is 0 Å².